The van der Waals surface area contributed by atoms with E-state index in [0.717, 1.165) is 29.1 Å². The number of nitrogens with zero attached hydrogens (tertiary/aromatic N) is 4. The van der Waals surface area contributed by atoms with Gasteiger partial charge in [-0.2, -0.15) is 5.10 Å². The molecule has 26 heavy (non-hydrogen) atoms. The molecule has 8 heteroatoms. The van der Waals surface area contributed by atoms with E-state index in [4.69, 9.17) is 5.73 Å². The monoisotopic (exact) mass is 389 g/mol. The number of rotatable bonds is 3. The van der Waals surface area contributed by atoms with Crippen LogP contribution in [-0.4, -0.2) is 44.7 Å². The molecule has 1 amide bonds. The third-order valence-electron chi connectivity index (χ3n) is 4.40. The lowest BCUT2D eigenvalue weighted by atomic mass is 10.1. The van der Waals surface area contributed by atoms with Crippen LogP contribution in [-0.2, 0) is 0 Å². The van der Waals surface area contributed by atoms with Crippen LogP contribution in [0.1, 0.15) is 23.3 Å². The van der Waals surface area contributed by atoms with Gasteiger partial charge in [0.15, 0.2) is 0 Å². The van der Waals surface area contributed by atoms with Crippen molar-refractivity contribution in [2.45, 2.75) is 18.9 Å². The third kappa shape index (κ3) is 3.80. The van der Waals surface area contributed by atoms with E-state index in [1.165, 1.54) is 11.3 Å². The lowest BCUT2D eigenvalue weighted by Crippen LogP contribution is -2.42. The molecule has 1 fully saturated rings. The van der Waals surface area contributed by atoms with Crippen molar-refractivity contribution < 1.29 is 4.79 Å². The molecule has 0 radical (unpaired) electrons. The van der Waals surface area contributed by atoms with Crippen LogP contribution >= 0.6 is 23.7 Å². The second kappa shape index (κ2) is 7.99. The van der Waals surface area contributed by atoms with Crippen molar-refractivity contribution in [2.75, 3.05) is 13.1 Å². The highest BCUT2D eigenvalue weighted by Crippen LogP contribution is 2.25. The predicted octanol–water partition coefficient (Wildman–Crippen LogP) is 2.98. The number of piperidine rings is 1. The summed E-state index contributed by atoms with van der Waals surface area (Å²) in [5.41, 5.74) is 8.31. The van der Waals surface area contributed by atoms with Gasteiger partial charge >= 0.3 is 0 Å². The average molecular weight is 390 g/mol. The molecule has 0 aliphatic carbocycles. The Bertz CT molecular complexity index is 871. The molecule has 4 rings (SSSR count). The van der Waals surface area contributed by atoms with Crippen LogP contribution in [0.2, 0.25) is 0 Å². The highest BCUT2D eigenvalue weighted by molar-refractivity contribution is 7.13. The summed E-state index contributed by atoms with van der Waals surface area (Å²) in [4.78, 5) is 19.0. The summed E-state index contributed by atoms with van der Waals surface area (Å²) in [6.07, 6.45) is 5.42. The summed E-state index contributed by atoms with van der Waals surface area (Å²) in [5, 5.41) is 7.02. The molecular weight excluding hydrogens is 370 g/mol. The topological polar surface area (TPSA) is 77.0 Å². The zero-order valence-corrected chi connectivity index (χ0v) is 15.7. The van der Waals surface area contributed by atoms with E-state index in [1.54, 1.807) is 6.20 Å². The Hall–Kier alpha value is -2.22. The summed E-state index contributed by atoms with van der Waals surface area (Å²) in [7, 11) is 0. The van der Waals surface area contributed by atoms with E-state index in [0.29, 0.717) is 18.8 Å². The maximum absolute atomic E-state index is 12.6. The number of likely N-dealkylation sites (tertiary alicyclic amines) is 1. The first kappa shape index (κ1) is 18.6. The molecule has 136 valence electrons. The van der Waals surface area contributed by atoms with Crippen molar-refractivity contribution in [3.05, 3.63) is 53.8 Å². The van der Waals surface area contributed by atoms with Crippen molar-refractivity contribution in [1.29, 1.82) is 0 Å². The molecule has 0 bridgehead atoms. The zero-order valence-electron chi connectivity index (χ0n) is 14.1. The van der Waals surface area contributed by atoms with Gasteiger partial charge in [0.25, 0.3) is 5.91 Å². The summed E-state index contributed by atoms with van der Waals surface area (Å²) in [5.74, 6) is -0.00940. The Labute approximate surface area is 162 Å². The standard InChI is InChI=1S/C18H19N5OS.ClH/c19-14-6-8-22(9-7-14)18(24)16-12-25-17(21-16)13-10-20-23(11-13)15-4-2-1-3-5-15;/h1-5,10-12,14H,6-9,19H2;1H. The van der Waals surface area contributed by atoms with Crippen LogP contribution in [0.15, 0.2) is 48.1 Å². The normalized spacial score (nSPS) is 14.9. The second-order valence-corrected chi connectivity index (χ2v) is 7.03. The molecular formula is C18H20ClN5OS. The summed E-state index contributed by atoms with van der Waals surface area (Å²) < 4.78 is 1.81. The van der Waals surface area contributed by atoms with Crippen LogP contribution in [0.5, 0.6) is 0 Å². The van der Waals surface area contributed by atoms with E-state index in [9.17, 15) is 4.79 Å². The lowest BCUT2D eigenvalue weighted by Gasteiger charge is -2.29. The number of aromatic nitrogens is 3. The second-order valence-electron chi connectivity index (χ2n) is 6.18. The molecule has 2 N–H and O–H groups in total. The molecule has 0 saturated carbocycles. The first-order valence-corrected chi connectivity index (χ1v) is 9.19. The summed E-state index contributed by atoms with van der Waals surface area (Å²) >= 11 is 1.47. The first-order chi connectivity index (χ1) is 12.2. The number of hydrogen-bond donors (Lipinski definition) is 1. The summed E-state index contributed by atoms with van der Waals surface area (Å²) in [6, 6.07) is 10.1. The maximum atomic E-state index is 12.6. The number of para-hydroxylation sites is 1. The highest BCUT2D eigenvalue weighted by atomic mass is 35.5. The molecule has 6 nitrogen and oxygen atoms in total. The largest absolute Gasteiger partial charge is 0.337 e. The van der Waals surface area contributed by atoms with E-state index in [2.05, 4.69) is 10.1 Å². The average Bonchev–Trinajstić information content (AvgIpc) is 3.32. The third-order valence-corrected chi connectivity index (χ3v) is 5.29. The van der Waals surface area contributed by atoms with Gasteiger partial charge in [-0.25, -0.2) is 9.67 Å². The molecule has 0 unspecified atom stereocenters. The smallest absolute Gasteiger partial charge is 0.273 e. The molecule has 2 aromatic heterocycles. The minimum Gasteiger partial charge on any atom is -0.337 e. The van der Waals surface area contributed by atoms with E-state index >= 15 is 0 Å². The number of benzene rings is 1. The minimum atomic E-state index is -0.00940. The van der Waals surface area contributed by atoms with Gasteiger partial charge in [-0.05, 0) is 25.0 Å². The van der Waals surface area contributed by atoms with Gasteiger partial charge in [0.05, 0.1) is 11.9 Å². The predicted molar refractivity (Wildman–Crippen MR) is 105 cm³/mol. The van der Waals surface area contributed by atoms with Gasteiger partial charge in [0.2, 0.25) is 0 Å². The molecule has 0 atom stereocenters. The van der Waals surface area contributed by atoms with Gasteiger partial charge in [0, 0.05) is 36.3 Å². The zero-order chi connectivity index (χ0) is 17.2. The number of thiazole rings is 1. The molecule has 1 saturated heterocycles. The van der Waals surface area contributed by atoms with Crippen LogP contribution in [0.25, 0.3) is 16.3 Å². The Morgan fingerprint density at radius 2 is 1.92 bits per heavy atom. The molecule has 3 heterocycles. The SMILES string of the molecule is Cl.NC1CCN(C(=O)c2csc(-c3cnn(-c4ccccc4)c3)n2)CC1. The lowest BCUT2D eigenvalue weighted by molar-refractivity contribution is 0.0709. The van der Waals surface area contributed by atoms with Gasteiger partial charge < -0.3 is 10.6 Å². The quantitative estimate of drug-likeness (QED) is 0.747. The van der Waals surface area contributed by atoms with Gasteiger partial charge in [-0.3, -0.25) is 4.79 Å². The minimum absolute atomic E-state index is 0. The van der Waals surface area contributed by atoms with Crippen molar-refractivity contribution in [1.82, 2.24) is 19.7 Å². The Kier molecular flexibility index (Phi) is 5.70. The Morgan fingerprint density at radius 3 is 2.65 bits per heavy atom. The first-order valence-electron chi connectivity index (χ1n) is 8.31. The number of amides is 1. The molecule has 1 aromatic carbocycles. The Balaban J connectivity index is 0.00000196. The van der Waals surface area contributed by atoms with Gasteiger partial charge in [0.1, 0.15) is 10.7 Å². The Morgan fingerprint density at radius 1 is 1.19 bits per heavy atom. The number of halogens is 1. The molecule has 1 aliphatic heterocycles. The van der Waals surface area contributed by atoms with Gasteiger partial charge in [-0.15, -0.1) is 23.7 Å². The number of nitrogens with two attached hydrogens (primary N) is 1. The molecule has 3 aromatic rings. The van der Waals surface area contributed by atoms with E-state index in [1.807, 2.05) is 51.5 Å². The van der Waals surface area contributed by atoms with Crippen LogP contribution in [0, 0.1) is 0 Å². The number of carbonyl (C=O) groups excluding carboxylic acids is 1. The van der Waals surface area contributed by atoms with E-state index < -0.39 is 0 Å². The fourth-order valence-electron chi connectivity index (χ4n) is 2.92. The fraction of sp³-hybridized carbons (Fsp3) is 0.278. The maximum Gasteiger partial charge on any atom is 0.273 e. The fourth-order valence-corrected chi connectivity index (χ4v) is 3.69. The van der Waals surface area contributed by atoms with Gasteiger partial charge in [-0.1, -0.05) is 18.2 Å². The van der Waals surface area contributed by atoms with Crippen LogP contribution in [0.3, 0.4) is 0 Å². The van der Waals surface area contributed by atoms with Crippen LogP contribution in [0.4, 0.5) is 0 Å². The molecule has 0 spiro atoms. The van der Waals surface area contributed by atoms with E-state index in [-0.39, 0.29) is 24.4 Å². The highest BCUT2D eigenvalue weighted by Gasteiger charge is 2.23. The van der Waals surface area contributed by atoms with Crippen LogP contribution < -0.4 is 5.73 Å². The van der Waals surface area contributed by atoms with Crippen molar-refractivity contribution in [3.8, 4) is 16.3 Å². The van der Waals surface area contributed by atoms with Crippen molar-refractivity contribution in [2.24, 2.45) is 5.73 Å². The number of carbonyl (C=O) groups is 1. The van der Waals surface area contributed by atoms with Crippen molar-refractivity contribution in [3.63, 3.8) is 0 Å². The van der Waals surface area contributed by atoms with Crippen molar-refractivity contribution >= 4 is 29.7 Å². The number of hydrogen-bond acceptors (Lipinski definition) is 5. The summed E-state index contributed by atoms with van der Waals surface area (Å²) in [6.45, 7) is 1.41. The molecule has 1 aliphatic rings.